The molecule has 12 nitrogen and oxygen atoms in total. The molecule has 22 heavy (non-hydrogen) atoms. The number of amides is 1. The molecule has 1 aromatic rings. The Morgan fingerprint density at radius 2 is 1.82 bits per heavy atom. The van der Waals surface area contributed by atoms with Gasteiger partial charge in [-0.25, -0.2) is 15.4 Å². The molecule has 0 aliphatic heterocycles. The van der Waals surface area contributed by atoms with Crippen LogP contribution in [-0.2, 0) is 4.57 Å². The van der Waals surface area contributed by atoms with E-state index in [1.165, 1.54) is 5.09 Å². The van der Waals surface area contributed by atoms with Gasteiger partial charge in [-0.2, -0.15) is 5.10 Å². The van der Waals surface area contributed by atoms with Crippen LogP contribution < -0.4 is 90.9 Å². The van der Waals surface area contributed by atoms with Crippen molar-refractivity contribution in [2.45, 2.75) is 0 Å². The number of rotatable bonds is 4. The van der Waals surface area contributed by atoms with Crippen molar-refractivity contribution in [1.29, 1.82) is 0 Å². The number of halogens is 1. The molecule has 0 saturated carbocycles. The van der Waals surface area contributed by atoms with Crippen molar-refractivity contribution >= 4 is 43.2 Å². The van der Waals surface area contributed by atoms with Gasteiger partial charge < -0.3 is 36.4 Å². The van der Waals surface area contributed by atoms with E-state index in [9.17, 15) is 19.1 Å². The Kier molecular flexibility index (Phi) is 14.1. The number of hydrogen-bond donors (Lipinski definition) is 4. The Bertz CT molecular complexity index is 585. The molecule has 0 atom stereocenters. The minimum Gasteiger partial charge on any atom is -0.795 e. The monoisotopic (exact) mass is 371 g/mol. The number of hydrogen-bond acceptors (Lipinski definition) is 9. The fourth-order valence-corrected chi connectivity index (χ4v) is 1.18. The van der Waals surface area contributed by atoms with Crippen LogP contribution in [0.2, 0.25) is 5.15 Å². The zero-order valence-electron chi connectivity index (χ0n) is 11.5. The van der Waals surface area contributed by atoms with E-state index in [-0.39, 0.29) is 87.1 Å². The second kappa shape index (κ2) is 11.5. The van der Waals surface area contributed by atoms with Crippen LogP contribution in [0.1, 0.15) is 10.5 Å². The number of hydrazone groups is 1. The summed E-state index contributed by atoms with van der Waals surface area (Å²) in [5.41, 5.74) is 12.2. The van der Waals surface area contributed by atoms with Crippen molar-refractivity contribution in [3.63, 3.8) is 0 Å². The first kappa shape index (κ1) is 26.9. The van der Waals surface area contributed by atoms with Gasteiger partial charge in [-0.3, -0.25) is 4.79 Å². The van der Waals surface area contributed by atoms with Crippen LogP contribution in [0.5, 0.6) is 0 Å². The third-order valence-electron chi connectivity index (χ3n) is 1.57. The molecule has 8 N–H and O–H groups in total. The number of nitrogens with zero attached hydrogens (tertiary/aromatic N) is 3. The molecule has 1 rings (SSSR count). The van der Waals surface area contributed by atoms with Gasteiger partial charge >= 0.3 is 59.1 Å². The molecular formula is C6H9ClN7Na2O5P. The van der Waals surface area contributed by atoms with Crippen molar-refractivity contribution in [3.8, 4) is 0 Å². The molecule has 112 valence electrons. The normalized spacial score (nSPS) is 9.95. The summed E-state index contributed by atoms with van der Waals surface area (Å²) in [6, 6.07) is 0. The molecule has 0 bridgehead atoms. The summed E-state index contributed by atoms with van der Waals surface area (Å²) in [5.74, 6) is -1.36. The van der Waals surface area contributed by atoms with Crippen LogP contribution in [0.15, 0.2) is 5.10 Å². The summed E-state index contributed by atoms with van der Waals surface area (Å²) in [7, 11) is -4.96. The maximum Gasteiger partial charge on any atom is 1.00 e. The van der Waals surface area contributed by atoms with Crippen LogP contribution in [-0.4, -0.2) is 27.7 Å². The predicted molar refractivity (Wildman–Crippen MR) is 66.2 cm³/mol. The molecular weight excluding hydrogens is 363 g/mol. The summed E-state index contributed by atoms with van der Waals surface area (Å²) in [6.45, 7) is 0. The number of carbonyl (C=O) groups is 1. The summed E-state index contributed by atoms with van der Waals surface area (Å²) >= 11 is 5.55. The fourth-order valence-electron chi connectivity index (χ4n) is 0.852. The summed E-state index contributed by atoms with van der Waals surface area (Å²) < 4.78 is 10.2. The molecule has 0 fully saturated rings. The van der Waals surface area contributed by atoms with Gasteiger partial charge in [0.25, 0.3) is 5.91 Å². The zero-order valence-corrected chi connectivity index (χ0v) is 17.2. The molecule has 0 aromatic carbocycles. The average Bonchev–Trinajstić information content (AvgIpc) is 2.28. The van der Waals surface area contributed by atoms with E-state index in [1.54, 1.807) is 0 Å². The third kappa shape index (κ3) is 9.22. The number of carbonyl (C=O) groups excluding carboxylic acids is 1. The molecule has 0 radical (unpaired) electrons. The molecule has 0 saturated heterocycles. The van der Waals surface area contributed by atoms with Crippen molar-refractivity contribution in [3.05, 3.63) is 10.8 Å². The largest absolute Gasteiger partial charge is 1.00 e. The van der Waals surface area contributed by atoms with Gasteiger partial charge in [-0.1, -0.05) is 11.6 Å². The quantitative estimate of drug-likeness (QED) is 0.129. The van der Waals surface area contributed by atoms with E-state index < -0.39 is 13.7 Å². The van der Waals surface area contributed by atoms with Crippen LogP contribution in [0.3, 0.4) is 0 Å². The van der Waals surface area contributed by atoms with Gasteiger partial charge in [0.15, 0.2) is 22.5 Å². The van der Waals surface area contributed by atoms with E-state index in [4.69, 9.17) is 23.1 Å². The van der Waals surface area contributed by atoms with Gasteiger partial charge in [0.1, 0.15) is 6.34 Å². The summed E-state index contributed by atoms with van der Waals surface area (Å²) in [6.07, 6.45) is 0.473. The number of aromatic nitrogens is 2. The number of anilines is 2. The fraction of sp³-hybridized carbons (Fsp3) is 0. The Labute approximate surface area is 173 Å². The summed E-state index contributed by atoms with van der Waals surface area (Å²) in [5, 5.41) is 4.28. The smallest absolute Gasteiger partial charge is 0.795 e. The first-order chi connectivity index (χ1) is 8.70. The van der Waals surface area contributed by atoms with E-state index in [0.29, 0.717) is 6.34 Å². The molecule has 1 aromatic heterocycles. The second-order valence-corrected chi connectivity index (χ2v) is 4.57. The molecule has 0 unspecified atom stereocenters. The molecule has 1 amide bonds. The van der Waals surface area contributed by atoms with Gasteiger partial charge in [0.2, 0.25) is 0 Å². The van der Waals surface area contributed by atoms with Gasteiger partial charge in [0.05, 0.1) is 0 Å². The van der Waals surface area contributed by atoms with Crippen molar-refractivity contribution in [1.82, 2.24) is 20.5 Å². The average molecular weight is 372 g/mol. The first-order valence-electron chi connectivity index (χ1n) is 4.41. The van der Waals surface area contributed by atoms with E-state index in [0.717, 1.165) is 0 Å². The van der Waals surface area contributed by atoms with Crippen molar-refractivity contribution in [2.75, 3.05) is 11.5 Å². The molecule has 1 heterocycles. The van der Waals surface area contributed by atoms with Gasteiger partial charge in [0, 0.05) is 7.75 Å². The second-order valence-electron chi connectivity index (χ2n) is 2.96. The van der Waals surface area contributed by atoms with Crippen molar-refractivity contribution in [2.24, 2.45) is 5.10 Å². The Morgan fingerprint density at radius 3 is 2.32 bits per heavy atom. The number of nitrogens with one attached hydrogen (secondary N) is 2. The third-order valence-corrected chi connectivity index (χ3v) is 2.28. The van der Waals surface area contributed by atoms with E-state index in [2.05, 4.69) is 15.1 Å². The van der Waals surface area contributed by atoms with Gasteiger partial charge in [-0.05, 0) is 0 Å². The van der Waals surface area contributed by atoms with Gasteiger partial charge in [-0.15, -0.1) is 0 Å². The zero-order chi connectivity index (χ0) is 14.6. The SMILES string of the molecule is Nc1nc(N)c(C(=O)NN=CNP(=O)([O-])[O-])nc1Cl.O.[Na+].[Na+]. The van der Waals surface area contributed by atoms with Crippen LogP contribution in [0.25, 0.3) is 0 Å². The Morgan fingerprint density at radius 1 is 1.27 bits per heavy atom. The Hall–Kier alpha value is 0.0200. The minimum atomic E-state index is -4.96. The first-order valence-corrected chi connectivity index (χ1v) is 6.33. The molecule has 0 aliphatic carbocycles. The van der Waals surface area contributed by atoms with Crippen LogP contribution in [0, 0.1) is 0 Å². The molecule has 0 aliphatic rings. The number of nitrogen functional groups attached to an aromatic ring is 2. The molecule has 0 spiro atoms. The maximum atomic E-state index is 11.5. The van der Waals surface area contributed by atoms with Crippen molar-refractivity contribution < 1.29 is 83.7 Å². The maximum absolute atomic E-state index is 11.5. The van der Waals surface area contributed by atoms with Crippen LogP contribution in [0.4, 0.5) is 11.6 Å². The summed E-state index contributed by atoms with van der Waals surface area (Å²) in [4.78, 5) is 38.9. The minimum absolute atomic E-state index is 0. The van der Waals surface area contributed by atoms with Crippen LogP contribution >= 0.6 is 19.3 Å². The van der Waals surface area contributed by atoms with E-state index in [1.807, 2.05) is 5.43 Å². The number of nitrogens with two attached hydrogens (primary N) is 2. The molecule has 16 heteroatoms. The predicted octanol–water partition coefficient (Wildman–Crippen LogP) is -9.43. The topological polar surface area (TPSA) is 226 Å². The van der Waals surface area contributed by atoms with E-state index >= 15 is 0 Å². The standard InChI is InChI=1S/C6H9ClN7O4P.2Na.H2O/c7-3-5(9)13-4(8)2(12-3)6(15)14-10-1-11-19(16,17)18;;;/h1H,(H,14,15)(H4,8,9,13)(H3,10,11,16,17,18);;;1H2/q;2*+1;/p-2. The Balaban J connectivity index is -0.00000120.